The Hall–Kier alpha value is -2.44. The fourth-order valence-corrected chi connectivity index (χ4v) is 1.87. The van der Waals surface area contributed by atoms with Crippen LogP contribution in [0.25, 0.3) is 0 Å². The highest BCUT2D eigenvalue weighted by Crippen LogP contribution is 2.30. The first-order chi connectivity index (χ1) is 10.7. The molecule has 110 valence electrons. The van der Waals surface area contributed by atoms with Crippen LogP contribution in [0, 0.1) is 0 Å². The Bertz CT molecular complexity index is 738. The molecule has 0 fully saturated rings. The Morgan fingerprint density at radius 3 is 1.59 bits per heavy atom. The second-order valence-electron chi connectivity index (χ2n) is 3.98. The SMILES string of the molecule is Clc1nccnc1Oc1cccc(Oc2nccnc2Cl)c1. The molecule has 8 heteroatoms. The summed E-state index contributed by atoms with van der Waals surface area (Å²) in [5.41, 5.74) is 0. The van der Waals surface area contributed by atoms with Gasteiger partial charge in [0.2, 0.25) is 0 Å². The molecule has 3 rings (SSSR count). The molecule has 2 aromatic heterocycles. The highest BCUT2D eigenvalue weighted by Gasteiger charge is 2.08. The molecule has 0 unspecified atom stereocenters. The Labute approximate surface area is 135 Å². The maximum Gasteiger partial charge on any atom is 0.257 e. The molecular formula is C14H8Cl2N4O2. The summed E-state index contributed by atoms with van der Waals surface area (Å²) < 4.78 is 11.1. The van der Waals surface area contributed by atoms with Gasteiger partial charge in [-0.15, -0.1) is 0 Å². The zero-order valence-corrected chi connectivity index (χ0v) is 12.5. The molecule has 0 bridgehead atoms. The third kappa shape index (κ3) is 3.41. The summed E-state index contributed by atoms with van der Waals surface area (Å²) in [5.74, 6) is 1.39. The van der Waals surface area contributed by atoms with Crippen LogP contribution in [0.2, 0.25) is 10.3 Å². The number of halogens is 2. The Kier molecular flexibility index (Phi) is 4.32. The van der Waals surface area contributed by atoms with Crippen molar-refractivity contribution in [2.45, 2.75) is 0 Å². The summed E-state index contributed by atoms with van der Waals surface area (Å²) in [4.78, 5) is 15.8. The van der Waals surface area contributed by atoms with Gasteiger partial charge in [-0.2, -0.15) is 0 Å². The van der Waals surface area contributed by atoms with Crippen LogP contribution in [0.4, 0.5) is 0 Å². The molecule has 0 aliphatic rings. The molecule has 22 heavy (non-hydrogen) atoms. The molecule has 1 aromatic carbocycles. The number of aromatic nitrogens is 4. The lowest BCUT2D eigenvalue weighted by Gasteiger charge is -2.08. The van der Waals surface area contributed by atoms with Crippen molar-refractivity contribution in [1.82, 2.24) is 19.9 Å². The second kappa shape index (κ2) is 6.55. The van der Waals surface area contributed by atoms with Gasteiger partial charge in [0.15, 0.2) is 10.3 Å². The van der Waals surface area contributed by atoms with E-state index in [2.05, 4.69) is 19.9 Å². The molecule has 0 spiro atoms. The Morgan fingerprint density at radius 1 is 0.682 bits per heavy atom. The molecule has 3 aromatic rings. The molecule has 0 radical (unpaired) electrons. The number of hydrogen-bond donors (Lipinski definition) is 0. The molecule has 6 nitrogen and oxygen atoms in total. The van der Waals surface area contributed by atoms with E-state index in [0.717, 1.165) is 0 Å². The van der Waals surface area contributed by atoms with E-state index in [-0.39, 0.29) is 22.1 Å². The number of rotatable bonds is 4. The summed E-state index contributed by atoms with van der Waals surface area (Å²) >= 11 is 11.8. The lowest BCUT2D eigenvalue weighted by atomic mass is 10.3. The molecule has 0 aliphatic heterocycles. The molecule has 2 heterocycles. The predicted octanol–water partition coefficient (Wildman–Crippen LogP) is 4.16. The van der Waals surface area contributed by atoms with Crippen LogP contribution >= 0.6 is 23.2 Å². The smallest absolute Gasteiger partial charge is 0.257 e. The van der Waals surface area contributed by atoms with Crippen LogP contribution in [0.5, 0.6) is 23.3 Å². The van der Waals surface area contributed by atoms with Gasteiger partial charge >= 0.3 is 0 Å². The van der Waals surface area contributed by atoms with Gasteiger partial charge in [0, 0.05) is 30.9 Å². The van der Waals surface area contributed by atoms with E-state index in [1.165, 1.54) is 24.8 Å². The first kappa shape index (κ1) is 14.5. The van der Waals surface area contributed by atoms with Crippen molar-refractivity contribution in [2.24, 2.45) is 0 Å². The van der Waals surface area contributed by atoms with Gasteiger partial charge in [0.25, 0.3) is 11.8 Å². The van der Waals surface area contributed by atoms with Gasteiger partial charge in [0.05, 0.1) is 0 Å². The Morgan fingerprint density at radius 2 is 1.14 bits per heavy atom. The van der Waals surface area contributed by atoms with Gasteiger partial charge in [0.1, 0.15) is 11.5 Å². The number of benzene rings is 1. The van der Waals surface area contributed by atoms with Crippen molar-refractivity contribution in [1.29, 1.82) is 0 Å². The molecule has 0 aliphatic carbocycles. The van der Waals surface area contributed by atoms with E-state index >= 15 is 0 Å². The van der Waals surface area contributed by atoms with Gasteiger partial charge < -0.3 is 9.47 Å². The fourth-order valence-electron chi connectivity index (χ4n) is 1.58. The monoisotopic (exact) mass is 334 g/mol. The van der Waals surface area contributed by atoms with Gasteiger partial charge in [-0.05, 0) is 12.1 Å². The summed E-state index contributed by atoms with van der Waals surface area (Å²) in [6.07, 6.45) is 5.93. The van der Waals surface area contributed by atoms with Crippen molar-refractivity contribution in [3.05, 3.63) is 59.4 Å². The van der Waals surface area contributed by atoms with Gasteiger partial charge in [-0.3, -0.25) is 0 Å². The molecule has 0 saturated carbocycles. The standard InChI is InChI=1S/C14H8Cl2N4O2/c15-11-13(19-6-4-17-11)21-9-2-1-3-10(8-9)22-14-12(16)18-5-7-20-14/h1-8H. The zero-order valence-electron chi connectivity index (χ0n) is 11.0. The van der Waals surface area contributed by atoms with Crippen LogP contribution < -0.4 is 9.47 Å². The number of hydrogen-bond acceptors (Lipinski definition) is 6. The van der Waals surface area contributed by atoms with E-state index in [9.17, 15) is 0 Å². The van der Waals surface area contributed by atoms with Crippen LogP contribution in [-0.2, 0) is 0 Å². The van der Waals surface area contributed by atoms with Gasteiger partial charge in [-0.1, -0.05) is 29.3 Å². The van der Waals surface area contributed by atoms with Crippen LogP contribution in [0.15, 0.2) is 49.1 Å². The number of ether oxygens (including phenoxy) is 2. The van der Waals surface area contributed by atoms with Crippen molar-refractivity contribution < 1.29 is 9.47 Å². The first-order valence-electron chi connectivity index (χ1n) is 6.11. The summed E-state index contributed by atoms with van der Waals surface area (Å²) in [7, 11) is 0. The highest BCUT2D eigenvalue weighted by molar-refractivity contribution is 6.30. The largest absolute Gasteiger partial charge is 0.436 e. The predicted molar refractivity (Wildman–Crippen MR) is 80.7 cm³/mol. The fraction of sp³-hybridized carbons (Fsp3) is 0. The maximum absolute atomic E-state index is 5.90. The van der Waals surface area contributed by atoms with Crippen LogP contribution in [0.3, 0.4) is 0 Å². The zero-order chi connectivity index (χ0) is 15.4. The van der Waals surface area contributed by atoms with Crippen LogP contribution in [0.1, 0.15) is 0 Å². The minimum atomic E-state index is 0.172. The van der Waals surface area contributed by atoms with Crippen molar-refractivity contribution >= 4 is 23.2 Å². The lowest BCUT2D eigenvalue weighted by Crippen LogP contribution is -1.93. The van der Waals surface area contributed by atoms with E-state index in [1.54, 1.807) is 24.3 Å². The van der Waals surface area contributed by atoms with E-state index in [4.69, 9.17) is 32.7 Å². The molecule has 0 N–H and O–H groups in total. The van der Waals surface area contributed by atoms with Crippen LogP contribution in [-0.4, -0.2) is 19.9 Å². The minimum absolute atomic E-state index is 0.172. The quantitative estimate of drug-likeness (QED) is 0.713. The van der Waals surface area contributed by atoms with Crippen molar-refractivity contribution in [3.8, 4) is 23.3 Å². The van der Waals surface area contributed by atoms with Crippen molar-refractivity contribution in [2.75, 3.05) is 0 Å². The molecule has 0 atom stereocenters. The Balaban J connectivity index is 1.81. The van der Waals surface area contributed by atoms with Crippen molar-refractivity contribution in [3.63, 3.8) is 0 Å². The minimum Gasteiger partial charge on any atom is -0.436 e. The number of nitrogens with zero attached hydrogens (tertiary/aromatic N) is 4. The van der Waals surface area contributed by atoms with E-state index in [1.807, 2.05) is 0 Å². The summed E-state index contributed by atoms with van der Waals surface area (Å²) in [5, 5.41) is 0.344. The van der Waals surface area contributed by atoms with E-state index in [0.29, 0.717) is 11.5 Å². The average Bonchev–Trinajstić information content (AvgIpc) is 2.52. The lowest BCUT2D eigenvalue weighted by molar-refractivity contribution is 0.439. The molecule has 0 saturated heterocycles. The third-order valence-corrected chi connectivity index (χ3v) is 3.00. The summed E-state index contributed by atoms with van der Waals surface area (Å²) in [6, 6.07) is 6.86. The van der Waals surface area contributed by atoms with Gasteiger partial charge in [-0.25, -0.2) is 19.9 Å². The third-order valence-electron chi connectivity index (χ3n) is 2.48. The topological polar surface area (TPSA) is 70.0 Å². The van der Waals surface area contributed by atoms with E-state index < -0.39 is 0 Å². The first-order valence-corrected chi connectivity index (χ1v) is 6.87. The second-order valence-corrected chi connectivity index (χ2v) is 4.70. The average molecular weight is 335 g/mol. The molecule has 0 amide bonds. The normalized spacial score (nSPS) is 10.3. The highest BCUT2D eigenvalue weighted by atomic mass is 35.5. The maximum atomic E-state index is 5.90. The molecular weight excluding hydrogens is 327 g/mol. The summed E-state index contributed by atoms with van der Waals surface area (Å²) in [6.45, 7) is 0.